The highest BCUT2D eigenvalue weighted by atomic mass is 35.5. The first-order valence-corrected chi connectivity index (χ1v) is 6.38. The second-order valence-electron chi connectivity index (χ2n) is 4.30. The number of hydrogen-bond donors (Lipinski definition) is 3. The van der Waals surface area contributed by atoms with Gasteiger partial charge in [-0.25, -0.2) is 4.79 Å². The first-order chi connectivity index (χ1) is 8.94. The summed E-state index contributed by atoms with van der Waals surface area (Å²) in [5.74, 6) is -1.63. The Bertz CT molecular complexity index is 489. The van der Waals surface area contributed by atoms with Gasteiger partial charge in [0.25, 0.3) is 5.91 Å². The number of ether oxygens (including phenoxy) is 1. The number of aliphatic carboxylic acids is 1. The minimum absolute atomic E-state index is 0.127. The third kappa shape index (κ3) is 2.86. The first-order valence-electron chi connectivity index (χ1n) is 5.62. The van der Waals surface area contributed by atoms with Crippen molar-refractivity contribution in [2.75, 3.05) is 13.2 Å². The van der Waals surface area contributed by atoms with Crippen molar-refractivity contribution < 1.29 is 19.4 Å². The lowest BCUT2D eigenvalue weighted by atomic mass is 9.90. The minimum Gasteiger partial charge on any atom is -0.480 e. The molecule has 0 aliphatic carbocycles. The van der Waals surface area contributed by atoms with Gasteiger partial charge in [-0.15, -0.1) is 0 Å². The Morgan fingerprint density at radius 2 is 2.00 bits per heavy atom. The number of aromatic amines is 1. The van der Waals surface area contributed by atoms with Crippen LogP contribution in [0.5, 0.6) is 0 Å². The lowest BCUT2D eigenvalue weighted by Gasteiger charge is -2.33. The highest BCUT2D eigenvalue weighted by molar-refractivity contribution is 6.41. The van der Waals surface area contributed by atoms with E-state index in [2.05, 4.69) is 10.3 Å². The fourth-order valence-electron chi connectivity index (χ4n) is 1.92. The summed E-state index contributed by atoms with van der Waals surface area (Å²) in [7, 11) is 0. The normalized spacial score (nSPS) is 18.0. The van der Waals surface area contributed by atoms with Crippen molar-refractivity contribution in [3.63, 3.8) is 0 Å². The van der Waals surface area contributed by atoms with Crippen LogP contribution in [0.2, 0.25) is 10.2 Å². The van der Waals surface area contributed by atoms with Crippen molar-refractivity contribution >= 4 is 35.1 Å². The average molecular weight is 307 g/mol. The van der Waals surface area contributed by atoms with Crippen molar-refractivity contribution in [1.82, 2.24) is 10.3 Å². The molecule has 0 saturated carbocycles. The van der Waals surface area contributed by atoms with E-state index in [1.165, 1.54) is 6.07 Å². The zero-order valence-corrected chi connectivity index (χ0v) is 11.3. The van der Waals surface area contributed by atoms with E-state index in [0.29, 0.717) is 13.2 Å². The summed E-state index contributed by atoms with van der Waals surface area (Å²) < 4.78 is 5.12. The molecule has 8 heteroatoms. The number of rotatable bonds is 3. The number of nitrogens with one attached hydrogen (secondary N) is 2. The zero-order valence-electron chi connectivity index (χ0n) is 9.83. The van der Waals surface area contributed by atoms with Crippen LogP contribution in [0.1, 0.15) is 23.3 Å². The van der Waals surface area contributed by atoms with Gasteiger partial charge in [0.1, 0.15) is 16.4 Å². The van der Waals surface area contributed by atoms with Crippen molar-refractivity contribution in [2.24, 2.45) is 0 Å². The summed E-state index contributed by atoms with van der Waals surface area (Å²) in [6, 6.07) is 1.36. The van der Waals surface area contributed by atoms with E-state index in [1.54, 1.807) is 0 Å². The molecule has 0 atom stereocenters. The van der Waals surface area contributed by atoms with Crippen LogP contribution in [-0.4, -0.2) is 40.7 Å². The molecule has 0 unspecified atom stereocenters. The molecule has 0 radical (unpaired) electrons. The van der Waals surface area contributed by atoms with Crippen molar-refractivity contribution in [3.8, 4) is 0 Å². The fraction of sp³-hybridized carbons (Fsp3) is 0.455. The number of amides is 1. The summed E-state index contributed by atoms with van der Waals surface area (Å²) in [5.41, 5.74) is -1.18. The summed E-state index contributed by atoms with van der Waals surface area (Å²) in [5, 5.41) is 12.2. The van der Waals surface area contributed by atoms with Gasteiger partial charge < -0.3 is 20.1 Å². The maximum absolute atomic E-state index is 12.0. The van der Waals surface area contributed by atoms with Gasteiger partial charge in [0.2, 0.25) is 0 Å². The van der Waals surface area contributed by atoms with Crippen LogP contribution in [-0.2, 0) is 9.53 Å². The molecular formula is C11H12Cl2N2O4. The quantitative estimate of drug-likeness (QED) is 0.792. The van der Waals surface area contributed by atoms with E-state index in [9.17, 15) is 14.7 Å². The highest BCUT2D eigenvalue weighted by Crippen LogP contribution is 2.24. The van der Waals surface area contributed by atoms with Gasteiger partial charge in [0.05, 0.1) is 5.02 Å². The van der Waals surface area contributed by atoms with Gasteiger partial charge in [-0.2, -0.15) is 0 Å². The Hall–Kier alpha value is -1.24. The molecule has 1 fully saturated rings. The maximum Gasteiger partial charge on any atom is 0.329 e. The van der Waals surface area contributed by atoms with Crippen LogP contribution in [0.4, 0.5) is 0 Å². The topological polar surface area (TPSA) is 91.4 Å². The van der Waals surface area contributed by atoms with Gasteiger partial charge in [0.15, 0.2) is 0 Å². The van der Waals surface area contributed by atoms with E-state index in [0.717, 1.165) is 0 Å². The summed E-state index contributed by atoms with van der Waals surface area (Å²) in [6.45, 7) is 0.581. The molecule has 0 spiro atoms. The predicted molar refractivity (Wildman–Crippen MR) is 68.7 cm³/mol. The van der Waals surface area contributed by atoms with Crippen molar-refractivity contribution in [2.45, 2.75) is 18.4 Å². The van der Waals surface area contributed by atoms with Crippen LogP contribution >= 0.6 is 23.2 Å². The zero-order chi connectivity index (χ0) is 14.0. The number of carboxylic acids is 1. The molecule has 104 valence electrons. The number of H-pyrrole nitrogens is 1. The molecule has 6 nitrogen and oxygen atoms in total. The molecule has 2 rings (SSSR count). The van der Waals surface area contributed by atoms with Crippen LogP contribution < -0.4 is 5.32 Å². The highest BCUT2D eigenvalue weighted by Gasteiger charge is 2.42. The first kappa shape index (κ1) is 14.2. The molecular weight excluding hydrogens is 295 g/mol. The Balaban J connectivity index is 2.17. The van der Waals surface area contributed by atoms with E-state index in [-0.39, 0.29) is 28.7 Å². The Morgan fingerprint density at radius 3 is 2.47 bits per heavy atom. The lowest BCUT2D eigenvalue weighted by Crippen LogP contribution is -2.57. The van der Waals surface area contributed by atoms with Crippen LogP contribution in [0.3, 0.4) is 0 Å². The Kier molecular flexibility index (Phi) is 4.03. The number of carboxylic acid groups (broad SMARTS) is 1. The number of aromatic nitrogens is 1. The van der Waals surface area contributed by atoms with E-state index in [1.807, 2.05) is 0 Å². The van der Waals surface area contributed by atoms with Crippen molar-refractivity contribution in [1.29, 1.82) is 0 Å². The molecule has 1 aromatic rings. The van der Waals surface area contributed by atoms with Crippen LogP contribution in [0.15, 0.2) is 6.07 Å². The standard InChI is InChI=1S/C11H12Cl2N2O4/c12-6-5-7(14-8(6)13)9(16)15-11(10(17)18)1-3-19-4-2-11/h5,14H,1-4H2,(H,15,16)(H,17,18). The monoisotopic (exact) mass is 306 g/mol. The molecule has 0 aromatic carbocycles. The number of hydrogen-bond acceptors (Lipinski definition) is 3. The lowest BCUT2D eigenvalue weighted by molar-refractivity contribution is -0.148. The van der Waals surface area contributed by atoms with Gasteiger partial charge in [0, 0.05) is 26.1 Å². The van der Waals surface area contributed by atoms with Crippen molar-refractivity contribution in [3.05, 3.63) is 21.9 Å². The molecule has 3 N–H and O–H groups in total. The fourth-order valence-corrected chi connectivity index (χ4v) is 2.24. The molecule has 1 aromatic heterocycles. The molecule has 1 aliphatic heterocycles. The van der Waals surface area contributed by atoms with Gasteiger partial charge in [-0.05, 0) is 6.07 Å². The summed E-state index contributed by atoms with van der Waals surface area (Å²) >= 11 is 11.4. The Morgan fingerprint density at radius 1 is 1.37 bits per heavy atom. The SMILES string of the molecule is O=C(NC1(C(=O)O)CCOCC1)c1cc(Cl)c(Cl)[nH]1. The molecule has 19 heavy (non-hydrogen) atoms. The molecule has 1 saturated heterocycles. The predicted octanol–water partition coefficient (Wildman–Crippen LogP) is 1.69. The Labute approximate surface area is 119 Å². The third-order valence-electron chi connectivity index (χ3n) is 3.08. The van der Waals surface area contributed by atoms with Crippen LogP contribution in [0.25, 0.3) is 0 Å². The molecule has 2 heterocycles. The van der Waals surface area contributed by atoms with Gasteiger partial charge in [-0.1, -0.05) is 23.2 Å². The number of carbonyl (C=O) groups excluding carboxylic acids is 1. The van der Waals surface area contributed by atoms with E-state index < -0.39 is 17.4 Å². The van der Waals surface area contributed by atoms with Crippen LogP contribution in [0, 0.1) is 0 Å². The maximum atomic E-state index is 12.0. The molecule has 1 amide bonds. The van der Waals surface area contributed by atoms with E-state index >= 15 is 0 Å². The number of carbonyl (C=O) groups is 2. The second kappa shape index (κ2) is 5.40. The summed E-state index contributed by atoms with van der Waals surface area (Å²) in [4.78, 5) is 26.0. The average Bonchev–Trinajstić information content (AvgIpc) is 2.71. The van der Waals surface area contributed by atoms with E-state index in [4.69, 9.17) is 27.9 Å². The summed E-state index contributed by atoms with van der Waals surface area (Å²) in [6.07, 6.45) is 0.437. The molecule has 0 bridgehead atoms. The smallest absolute Gasteiger partial charge is 0.329 e. The van der Waals surface area contributed by atoms with Gasteiger partial charge >= 0.3 is 5.97 Å². The molecule has 1 aliphatic rings. The van der Waals surface area contributed by atoms with Gasteiger partial charge in [-0.3, -0.25) is 4.79 Å². The minimum atomic E-state index is -1.31. The second-order valence-corrected chi connectivity index (χ2v) is 5.08. The largest absolute Gasteiger partial charge is 0.480 e. The third-order valence-corrected chi connectivity index (χ3v) is 3.77. The number of halogens is 2.